The summed E-state index contributed by atoms with van der Waals surface area (Å²) in [7, 11) is 0. The van der Waals surface area contributed by atoms with Crippen LogP contribution in [0.3, 0.4) is 0 Å². The molecule has 0 aliphatic carbocycles. The van der Waals surface area contributed by atoms with Gasteiger partial charge in [-0.15, -0.1) is 22.7 Å². The first-order valence-electron chi connectivity index (χ1n) is 8.40. The summed E-state index contributed by atoms with van der Waals surface area (Å²) >= 11 is 3.25. The SMILES string of the molecule is CCCCN(CCC(=O)N(Cc1cccs1)Cc1cccs1)C(=O)O. The van der Waals surface area contributed by atoms with Crippen molar-refractivity contribution < 1.29 is 14.7 Å². The fourth-order valence-electron chi connectivity index (χ4n) is 2.45. The Kier molecular flexibility index (Phi) is 7.94. The van der Waals surface area contributed by atoms with Gasteiger partial charge in [-0.2, -0.15) is 0 Å². The second kappa shape index (κ2) is 10.2. The molecule has 2 heterocycles. The van der Waals surface area contributed by atoms with E-state index >= 15 is 0 Å². The van der Waals surface area contributed by atoms with E-state index in [0.29, 0.717) is 19.6 Å². The summed E-state index contributed by atoms with van der Waals surface area (Å²) < 4.78 is 0. The number of thiophene rings is 2. The minimum absolute atomic E-state index is 0.00968. The molecule has 0 saturated heterocycles. The van der Waals surface area contributed by atoms with Crippen LogP contribution in [0, 0.1) is 0 Å². The maximum absolute atomic E-state index is 12.7. The van der Waals surface area contributed by atoms with Crippen LogP contribution in [0.15, 0.2) is 35.0 Å². The fraction of sp³-hybridized carbons (Fsp3) is 0.444. The summed E-state index contributed by atoms with van der Waals surface area (Å²) in [6.45, 7) is 3.89. The Morgan fingerprint density at radius 3 is 2.04 bits per heavy atom. The number of nitrogens with zero attached hydrogens (tertiary/aromatic N) is 2. The van der Waals surface area contributed by atoms with E-state index in [0.717, 1.165) is 22.6 Å². The average Bonchev–Trinajstić information content (AvgIpc) is 3.27. The minimum Gasteiger partial charge on any atom is -0.465 e. The lowest BCUT2D eigenvalue weighted by atomic mass is 10.2. The van der Waals surface area contributed by atoms with Crippen molar-refractivity contribution in [3.05, 3.63) is 44.8 Å². The molecule has 0 unspecified atom stereocenters. The molecule has 136 valence electrons. The maximum atomic E-state index is 12.7. The molecular formula is C18H24N2O3S2. The van der Waals surface area contributed by atoms with Gasteiger partial charge in [0.05, 0.1) is 13.1 Å². The molecule has 0 spiro atoms. The van der Waals surface area contributed by atoms with Crippen LogP contribution >= 0.6 is 22.7 Å². The first kappa shape index (κ1) is 19.5. The van der Waals surface area contributed by atoms with E-state index in [1.54, 1.807) is 22.7 Å². The van der Waals surface area contributed by atoms with Gasteiger partial charge >= 0.3 is 6.09 Å². The van der Waals surface area contributed by atoms with Gasteiger partial charge in [0.25, 0.3) is 0 Å². The molecule has 2 aromatic rings. The molecule has 0 aromatic carbocycles. The first-order chi connectivity index (χ1) is 12.1. The smallest absolute Gasteiger partial charge is 0.407 e. The molecule has 0 radical (unpaired) electrons. The van der Waals surface area contributed by atoms with Crippen molar-refractivity contribution in [2.75, 3.05) is 13.1 Å². The highest BCUT2D eigenvalue weighted by Crippen LogP contribution is 2.18. The summed E-state index contributed by atoms with van der Waals surface area (Å²) in [5.74, 6) is -0.00968. The van der Waals surface area contributed by atoms with Crippen molar-refractivity contribution in [2.24, 2.45) is 0 Å². The van der Waals surface area contributed by atoms with E-state index in [4.69, 9.17) is 0 Å². The number of amides is 2. The van der Waals surface area contributed by atoms with Crippen LogP contribution in [0.25, 0.3) is 0 Å². The van der Waals surface area contributed by atoms with Gasteiger partial charge in [-0.25, -0.2) is 4.79 Å². The van der Waals surface area contributed by atoms with Crippen LogP contribution in [0.2, 0.25) is 0 Å². The summed E-state index contributed by atoms with van der Waals surface area (Å²) in [6.07, 6.45) is 1.01. The standard InChI is InChI=1S/C18H24N2O3S2/c1-2-3-9-19(18(22)23)10-8-17(21)20(13-15-6-4-11-24-15)14-16-7-5-12-25-16/h4-7,11-12H,2-3,8-10,13-14H2,1H3,(H,22,23). The van der Waals surface area contributed by atoms with E-state index < -0.39 is 6.09 Å². The van der Waals surface area contributed by atoms with Crippen molar-refractivity contribution >= 4 is 34.7 Å². The van der Waals surface area contributed by atoms with E-state index in [2.05, 4.69) is 0 Å². The molecule has 2 aromatic heterocycles. The van der Waals surface area contributed by atoms with Gasteiger partial charge < -0.3 is 14.9 Å². The Labute approximate surface area is 156 Å². The zero-order chi connectivity index (χ0) is 18.1. The van der Waals surface area contributed by atoms with Gasteiger partial charge in [0, 0.05) is 29.3 Å². The quantitative estimate of drug-likeness (QED) is 0.660. The summed E-state index contributed by atoms with van der Waals surface area (Å²) in [5.41, 5.74) is 0. The highest BCUT2D eigenvalue weighted by atomic mass is 32.1. The first-order valence-corrected chi connectivity index (χ1v) is 10.2. The van der Waals surface area contributed by atoms with Gasteiger partial charge in [0.1, 0.15) is 0 Å². The third kappa shape index (κ3) is 6.51. The predicted octanol–water partition coefficient (Wildman–Crippen LogP) is 4.51. The number of rotatable bonds is 10. The van der Waals surface area contributed by atoms with Crippen LogP contribution in [0.4, 0.5) is 4.79 Å². The molecule has 0 saturated carbocycles. The summed E-state index contributed by atoms with van der Waals surface area (Å²) in [4.78, 5) is 29.4. The number of hydrogen-bond donors (Lipinski definition) is 1. The molecule has 0 bridgehead atoms. The number of unbranched alkanes of at least 4 members (excludes halogenated alkanes) is 1. The average molecular weight is 381 g/mol. The van der Waals surface area contributed by atoms with Crippen molar-refractivity contribution in [1.29, 1.82) is 0 Å². The molecule has 25 heavy (non-hydrogen) atoms. The topological polar surface area (TPSA) is 60.9 Å². The Morgan fingerprint density at radius 2 is 1.60 bits per heavy atom. The molecule has 0 aliphatic rings. The minimum atomic E-state index is -0.954. The molecular weight excluding hydrogens is 356 g/mol. The van der Waals surface area contributed by atoms with Crippen molar-refractivity contribution in [1.82, 2.24) is 9.80 Å². The molecule has 7 heteroatoms. The van der Waals surface area contributed by atoms with Crippen LogP contribution in [0.1, 0.15) is 35.9 Å². The highest BCUT2D eigenvalue weighted by Gasteiger charge is 2.18. The van der Waals surface area contributed by atoms with Crippen molar-refractivity contribution in [3.63, 3.8) is 0 Å². The van der Waals surface area contributed by atoms with Gasteiger partial charge in [-0.05, 0) is 29.3 Å². The van der Waals surface area contributed by atoms with Gasteiger partial charge in [0.15, 0.2) is 0 Å². The molecule has 2 rings (SSSR count). The third-order valence-corrected chi connectivity index (χ3v) is 5.58. The van der Waals surface area contributed by atoms with Crippen LogP contribution < -0.4 is 0 Å². The van der Waals surface area contributed by atoms with E-state index in [1.807, 2.05) is 46.8 Å². The fourth-order valence-corrected chi connectivity index (χ4v) is 3.89. The Morgan fingerprint density at radius 1 is 1.00 bits per heavy atom. The Balaban J connectivity index is 1.97. The van der Waals surface area contributed by atoms with Crippen molar-refractivity contribution in [2.45, 2.75) is 39.3 Å². The number of carbonyl (C=O) groups excluding carboxylic acids is 1. The second-order valence-corrected chi connectivity index (χ2v) is 7.85. The lowest BCUT2D eigenvalue weighted by Crippen LogP contribution is -2.36. The van der Waals surface area contributed by atoms with Crippen LogP contribution in [-0.2, 0) is 17.9 Å². The zero-order valence-corrected chi connectivity index (χ0v) is 16.0. The summed E-state index contributed by atoms with van der Waals surface area (Å²) in [5, 5.41) is 13.3. The second-order valence-electron chi connectivity index (χ2n) is 5.78. The van der Waals surface area contributed by atoms with Crippen molar-refractivity contribution in [3.8, 4) is 0 Å². The number of hydrogen-bond acceptors (Lipinski definition) is 4. The van der Waals surface area contributed by atoms with E-state index in [9.17, 15) is 14.7 Å². The molecule has 1 N–H and O–H groups in total. The lowest BCUT2D eigenvalue weighted by molar-refractivity contribution is -0.132. The third-order valence-electron chi connectivity index (χ3n) is 3.85. The molecule has 0 aliphatic heterocycles. The maximum Gasteiger partial charge on any atom is 0.407 e. The largest absolute Gasteiger partial charge is 0.465 e. The normalized spacial score (nSPS) is 10.6. The predicted molar refractivity (Wildman–Crippen MR) is 102 cm³/mol. The number of carboxylic acid groups (broad SMARTS) is 1. The molecule has 2 amide bonds. The monoisotopic (exact) mass is 380 g/mol. The van der Waals surface area contributed by atoms with Gasteiger partial charge in [-0.3, -0.25) is 4.79 Å². The summed E-state index contributed by atoms with van der Waals surface area (Å²) in [6, 6.07) is 7.99. The molecule has 0 atom stereocenters. The highest BCUT2D eigenvalue weighted by molar-refractivity contribution is 7.10. The zero-order valence-electron chi connectivity index (χ0n) is 14.4. The molecule has 0 fully saturated rings. The van der Waals surface area contributed by atoms with Crippen LogP contribution in [-0.4, -0.2) is 40.0 Å². The Bertz CT molecular complexity index is 605. The van der Waals surface area contributed by atoms with Gasteiger partial charge in [0.2, 0.25) is 5.91 Å². The lowest BCUT2D eigenvalue weighted by Gasteiger charge is -2.24. The number of carbonyl (C=O) groups is 2. The molecule has 5 nitrogen and oxygen atoms in total. The van der Waals surface area contributed by atoms with Crippen LogP contribution in [0.5, 0.6) is 0 Å². The van der Waals surface area contributed by atoms with E-state index in [1.165, 1.54) is 4.90 Å². The Hall–Kier alpha value is -1.86. The van der Waals surface area contributed by atoms with Gasteiger partial charge in [-0.1, -0.05) is 25.5 Å². The van der Waals surface area contributed by atoms with E-state index in [-0.39, 0.29) is 18.9 Å².